The van der Waals surface area contributed by atoms with E-state index in [1.54, 1.807) is 0 Å². The van der Waals surface area contributed by atoms with Gasteiger partial charge in [-0.3, -0.25) is 0 Å². The van der Waals surface area contributed by atoms with Gasteiger partial charge < -0.3 is 0 Å². The third kappa shape index (κ3) is 5.28. The van der Waals surface area contributed by atoms with Crippen molar-refractivity contribution in [2.24, 2.45) is 11.8 Å². The Hall–Kier alpha value is 0.480. The average molecular weight is 207 g/mol. The van der Waals surface area contributed by atoms with Gasteiger partial charge in [-0.2, -0.15) is 0 Å². The Morgan fingerprint density at radius 3 is 2.20 bits per heavy atom. The molecule has 0 aromatic rings. The lowest BCUT2D eigenvalue weighted by Crippen LogP contribution is -2.03. The van der Waals surface area contributed by atoms with Gasteiger partial charge >= 0.3 is 0 Å². The first-order valence-corrected chi connectivity index (χ1v) is 5.38. The molecular weight excluding hydrogens is 188 g/mol. The standard InChI is InChI=1S/C9H19Br/c1-4-5-8(2)6-9(3)7-10/h8-9H,4-7H2,1-3H3/t8-,9+/m0/s1. The van der Waals surface area contributed by atoms with Crippen molar-refractivity contribution in [1.29, 1.82) is 0 Å². The molecular formula is C9H19Br. The molecule has 0 saturated carbocycles. The van der Waals surface area contributed by atoms with E-state index in [2.05, 4.69) is 36.7 Å². The summed E-state index contributed by atoms with van der Waals surface area (Å²) in [5, 5.41) is 1.15. The molecule has 0 spiro atoms. The summed E-state index contributed by atoms with van der Waals surface area (Å²) in [5.41, 5.74) is 0. The maximum atomic E-state index is 3.49. The fourth-order valence-electron chi connectivity index (χ4n) is 1.36. The van der Waals surface area contributed by atoms with E-state index in [9.17, 15) is 0 Å². The molecule has 0 radical (unpaired) electrons. The van der Waals surface area contributed by atoms with Crippen LogP contribution in [0.15, 0.2) is 0 Å². The molecule has 0 aliphatic carbocycles. The van der Waals surface area contributed by atoms with Gasteiger partial charge in [0.25, 0.3) is 0 Å². The monoisotopic (exact) mass is 206 g/mol. The molecule has 0 saturated heterocycles. The van der Waals surface area contributed by atoms with Crippen LogP contribution in [0.5, 0.6) is 0 Å². The van der Waals surface area contributed by atoms with E-state index < -0.39 is 0 Å². The first-order chi connectivity index (χ1) is 4.70. The Bertz CT molecular complexity index is 71.1. The molecule has 0 rings (SSSR count). The second kappa shape index (κ2) is 6.21. The summed E-state index contributed by atoms with van der Waals surface area (Å²) in [6, 6.07) is 0. The third-order valence-corrected chi connectivity index (χ3v) is 2.95. The second-order valence-electron chi connectivity index (χ2n) is 3.39. The fraction of sp³-hybridized carbons (Fsp3) is 1.00. The van der Waals surface area contributed by atoms with E-state index >= 15 is 0 Å². The summed E-state index contributed by atoms with van der Waals surface area (Å²) in [5.74, 6) is 1.76. The maximum absolute atomic E-state index is 3.49. The third-order valence-electron chi connectivity index (χ3n) is 1.85. The first-order valence-electron chi connectivity index (χ1n) is 4.26. The molecule has 0 unspecified atom stereocenters. The Morgan fingerprint density at radius 2 is 1.80 bits per heavy atom. The van der Waals surface area contributed by atoms with Crippen LogP contribution in [0, 0.1) is 11.8 Å². The van der Waals surface area contributed by atoms with Crippen LogP contribution in [0.2, 0.25) is 0 Å². The molecule has 0 amide bonds. The van der Waals surface area contributed by atoms with Gasteiger partial charge in [0.2, 0.25) is 0 Å². The minimum Gasteiger partial charge on any atom is -0.0925 e. The van der Waals surface area contributed by atoms with Gasteiger partial charge in [0.1, 0.15) is 0 Å². The van der Waals surface area contributed by atoms with E-state index in [0.29, 0.717) is 0 Å². The van der Waals surface area contributed by atoms with Gasteiger partial charge in [-0.25, -0.2) is 0 Å². The summed E-state index contributed by atoms with van der Waals surface area (Å²) in [6.07, 6.45) is 4.09. The van der Waals surface area contributed by atoms with E-state index in [-0.39, 0.29) is 0 Å². The van der Waals surface area contributed by atoms with Gasteiger partial charge in [0.15, 0.2) is 0 Å². The van der Waals surface area contributed by atoms with E-state index in [0.717, 1.165) is 17.2 Å². The molecule has 0 N–H and O–H groups in total. The van der Waals surface area contributed by atoms with Crippen molar-refractivity contribution in [3.8, 4) is 0 Å². The van der Waals surface area contributed by atoms with Gasteiger partial charge in [0.05, 0.1) is 0 Å². The highest BCUT2D eigenvalue weighted by molar-refractivity contribution is 9.09. The number of hydrogen-bond acceptors (Lipinski definition) is 0. The lowest BCUT2D eigenvalue weighted by molar-refractivity contribution is 0.417. The smallest absolute Gasteiger partial charge is 0.00571 e. The molecule has 0 heterocycles. The topological polar surface area (TPSA) is 0 Å². The fourth-order valence-corrected chi connectivity index (χ4v) is 1.62. The van der Waals surface area contributed by atoms with Crippen LogP contribution in [0.1, 0.15) is 40.0 Å². The van der Waals surface area contributed by atoms with E-state index in [1.807, 2.05) is 0 Å². The molecule has 1 heteroatoms. The molecule has 0 aromatic carbocycles. The average Bonchev–Trinajstić information content (AvgIpc) is 1.88. The largest absolute Gasteiger partial charge is 0.0925 e. The number of halogens is 1. The van der Waals surface area contributed by atoms with E-state index in [1.165, 1.54) is 19.3 Å². The highest BCUT2D eigenvalue weighted by Gasteiger charge is 2.05. The lowest BCUT2D eigenvalue weighted by Gasteiger charge is -2.13. The summed E-state index contributed by atoms with van der Waals surface area (Å²) in [6.45, 7) is 6.92. The number of hydrogen-bond donors (Lipinski definition) is 0. The zero-order valence-corrected chi connectivity index (χ0v) is 8.95. The van der Waals surface area contributed by atoms with Crippen LogP contribution in [0.3, 0.4) is 0 Å². The van der Waals surface area contributed by atoms with Crippen molar-refractivity contribution in [2.75, 3.05) is 5.33 Å². The van der Waals surface area contributed by atoms with Crippen LogP contribution in [0.4, 0.5) is 0 Å². The van der Waals surface area contributed by atoms with Crippen LogP contribution < -0.4 is 0 Å². The van der Waals surface area contributed by atoms with Crippen molar-refractivity contribution in [3.05, 3.63) is 0 Å². The Balaban J connectivity index is 3.27. The van der Waals surface area contributed by atoms with Gasteiger partial charge in [0, 0.05) is 5.33 Å². The van der Waals surface area contributed by atoms with Crippen LogP contribution in [-0.4, -0.2) is 5.33 Å². The summed E-state index contributed by atoms with van der Waals surface area (Å²) >= 11 is 3.49. The van der Waals surface area contributed by atoms with Gasteiger partial charge in [-0.05, 0) is 18.3 Å². The summed E-state index contributed by atoms with van der Waals surface area (Å²) in [4.78, 5) is 0. The highest BCUT2D eigenvalue weighted by atomic mass is 79.9. The molecule has 10 heavy (non-hydrogen) atoms. The molecule has 0 nitrogen and oxygen atoms in total. The minimum absolute atomic E-state index is 0.849. The predicted octanol–water partition coefficient (Wildman–Crippen LogP) is 3.84. The summed E-state index contributed by atoms with van der Waals surface area (Å²) < 4.78 is 0. The van der Waals surface area contributed by atoms with Crippen molar-refractivity contribution in [2.45, 2.75) is 40.0 Å². The molecule has 0 bridgehead atoms. The van der Waals surface area contributed by atoms with Crippen molar-refractivity contribution in [3.63, 3.8) is 0 Å². The maximum Gasteiger partial charge on any atom is 0.00571 e. The van der Waals surface area contributed by atoms with Crippen molar-refractivity contribution < 1.29 is 0 Å². The first kappa shape index (κ1) is 10.5. The van der Waals surface area contributed by atoms with Crippen LogP contribution in [-0.2, 0) is 0 Å². The zero-order valence-electron chi connectivity index (χ0n) is 7.36. The van der Waals surface area contributed by atoms with Crippen LogP contribution in [0.25, 0.3) is 0 Å². The van der Waals surface area contributed by atoms with E-state index in [4.69, 9.17) is 0 Å². The Labute approximate surface area is 73.5 Å². The van der Waals surface area contributed by atoms with Crippen molar-refractivity contribution >= 4 is 15.9 Å². The molecule has 0 aliphatic rings. The SMILES string of the molecule is CCC[C@H](C)C[C@@H](C)CBr. The lowest BCUT2D eigenvalue weighted by atomic mass is 9.95. The molecule has 2 atom stereocenters. The number of alkyl halides is 1. The van der Waals surface area contributed by atoms with Gasteiger partial charge in [-0.15, -0.1) is 0 Å². The minimum atomic E-state index is 0.849. The Morgan fingerprint density at radius 1 is 1.20 bits per heavy atom. The molecule has 0 fully saturated rings. The zero-order chi connectivity index (χ0) is 7.98. The predicted molar refractivity (Wildman–Crippen MR) is 51.6 cm³/mol. The summed E-state index contributed by atoms with van der Waals surface area (Å²) in [7, 11) is 0. The van der Waals surface area contributed by atoms with Crippen molar-refractivity contribution in [1.82, 2.24) is 0 Å². The van der Waals surface area contributed by atoms with Gasteiger partial charge in [-0.1, -0.05) is 49.5 Å². The quantitative estimate of drug-likeness (QED) is 0.601. The Kier molecular flexibility index (Phi) is 6.50. The molecule has 0 aliphatic heterocycles. The second-order valence-corrected chi connectivity index (χ2v) is 4.04. The number of rotatable bonds is 5. The molecule has 62 valence electrons. The molecule has 0 aromatic heterocycles. The van der Waals surface area contributed by atoms with Crippen LogP contribution >= 0.6 is 15.9 Å². The highest BCUT2D eigenvalue weighted by Crippen LogP contribution is 2.17. The normalized spacial score (nSPS) is 16.8.